The van der Waals surface area contributed by atoms with Crippen molar-refractivity contribution >= 4 is 0 Å². The van der Waals surface area contributed by atoms with E-state index < -0.39 is 18.3 Å². The van der Waals surface area contributed by atoms with Gasteiger partial charge in [-0.15, -0.1) is 18.3 Å². The first-order valence-electron chi connectivity index (χ1n) is 16.3. The largest absolute Gasteiger partial charge is 6.00 e. The van der Waals surface area contributed by atoms with Crippen LogP contribution in [0.5, 0.6) is 0 Å². The average molecular weight is 751 g/mol. The van der Waals surface area contributed by atoms with E-state index >= 15 is 0 Å². The molecular formula is C34H66Fe2N6O5+8. The predicted octanol–water partition coefficient (Wildman–Crippen LogP) is -1.78. The third-order valence-corrected chi connectivity index (χ3v) is 8.42. The van der Waals surface area contributed by atoms with Crippen LogP contribution < -0.4 is 15.3 Å². The molecule has 1 aromatic carbocycles. The van der Waals surface area contributed by atoms with Crippen LogP contribution in [0.15, 0.2) is 24.3 Å². The number of benzene rings is 1. The van der Waals surface area contributed by atoms with Gasteiger partial charge >= 0.3 is 34.1 Å². The Kier molecular flexibility index (Phi) is 30.0. The molecule has 4 N–H and O–H groups in total. The Labute approximate surface area is 308 Å². The Bertz CT molecular complexity index is 776. The Morgan fingerprint density at radius 2 is 0.745 bits per heavy atom. The van der Waals surface area contributed by atoms with Crippen molar-refractivity contribution in [1.82, 2.24) is 29.4 Å². The number of rotatable bonds is 12. The molecule has 2 aliphatic heterocycles. The van der Waals surface area contributed by atoms with Gasteiger partial charge in [-0.2, -0.15) is 5.92 Å². The van der Waals surface area contributed by atoms with E-state index in [-0.39, 0.29) is 52.5 Å². The summed E-state index contributed by atoms with van der Waals surface area (Å²) in [7, 11) is 0. The maximum atomic E-state index is 12.0. The molecule has 270 valence electrons. The molecule has 1 aromatic rings. The zero-order chi connectivity index (χ0) is 30.5. The van der Waals surface area contributed by atoms with Crippen LogP contribution in [0.4, 0.5) is 0 Å². The molecule has 0 bridgehead atoms. The minimum Gasteiger partial charge on any atom is -0.851 e. The van der Waals surface area contributed by atoms with Gasteiger partial charge in [0.2, 0.25) is 0 Å². The Hall–Kier alpha value is -0.181. The number of hydrogen-bond acceptors (Lipinski definition) is 9. The fourth-order valence-electron chi connectivity index (χ4n) is 6.29. The molecule has 2 aliphatic rings. The summed E-state index contributed by atoms with van der Waals surface area (Å²) in [5.74, 6) is 0.370. The molecule has 2 saturated heterocycles. The van der Waals surface area contributed by atoms with Crippen molar-refractivity contribution in [3.8, 4) is 0 Å². The zero-order valence-corrected chi connectivity index (χ0v) is 30.9. The van der Waals surface area contributed by atoms with Gasteiger partial charge < -0.3 is 52.8 Å². The maximum Gasteiger partial charge on any atom is 6.00 e. The third-order valence-electron chi connectivity index (χ3n) is 8.42. The van der Waals surface area contributed by atoms with Gasteiger partial charge in [-0.05, 0) is 37.3 Å². The maximum absolute atomic E-state index is 12.0. The summed E-state index contributed by atoms with van der Waals surface area (Å²) in [6.07, 6.45) is -1.81. The standard InChI is InChI=1S/C33H58N6O3.CH4.2Fe.2H2O/c1-28(2)22-34-10-12-35(23-29(3)40)15-19-38(18-11-34)26-32-8-6-7-9-33(32)27-39-20-16-36(24-30(4)41)13-14-37(17-21-39)25-31(5)42;;;;;/h6-9,28-31H,1,10-27H2,2-5H3;1H4;;;2*1H2/q-4;;2*+6;;/t28-,29-,30-,31-;;;;;/m0...../s1. The van der Waals surface area contributed by atoms with E-state index in [1.54, 1.807) is 20.8 Å². The van der Waals surface area contributed by atoms with Crippen LogP contribution in [0, 0.1) is 12.8 Å². The van der Waals surface area contributed by atoms with Crippen molar-refractivity contribution in [1.29, 1.82) is 0 Å². The Morgan fingerprint density at radius 3 is 0.979 bits per heavy atom. The molecule has 11 nitrogen and oxygen atoms in total. The van der Waals surface area contributed by atoms with Gasteiger partial charge in [-0.3, -0.25) is 9.80 Å². The summed E-state index contributed by atoms with van der Waals surface area (Å²) in [6, 6.07) is 8.81. The first-order valence-corrected chi connectivity index (χ1v) is 16.3. The van der Waals surface area contributed by atoms with Crippen LogP contribution in [-0.2, 0) is 47.2 Å². The summed E-state index contributed by atoms with van der Waals surface area (Å²) in [5, 5.41) is 36.1. The summed E-state index contributed by atoms with van der Waals surface area (Å²) < 4.78 is 0. The smallest absolute Gasteiger partial charge is 0.851 e. The normalized spacial score (nSPS) is 21.1. The van der Waals surface area contributed by atoms with Crippen LogP contribution in [0.1, 0.15) is 46.2 Å². The second kappa shape index (κ2) is 27.5. The first-order chi connectivity index (χ1) is 20.1. The molecule has 0 radical (unpaired) electrons. The zero-order valence-electron chi connectivity index (χ0n) is 28.7. The third kappa shape index (κ3) is 20.9. The number of hydrogen-bond donors (Lipinski definition) is 0. The molecule has 0 unspecified atom stereocenters. The monoisotopic (exact) mass is 750 g/mol. The van der Waals surface area contributed by atoms with E-state index in [0.29, 0.717) is 25.6 Å². The van der Waals surface area contributed by atoms with Crippen LogP contribution in [0.25, 0.3) is 0 Å². The molecule has 2 fully saturated rings. The molecule has 0 aromatic heterocycles. The summed E-state index contributed by atoms with van der Waals surface area (Å²) in [5.41, 5.74) is 2.70. The molecule has 0 saturated carbocycles. The van der Waals surface area contributed by atoms with E-state index in [2.05, 4.69) is 67.5 Å². The molecule has 0 amide bonds. The van der Waals surface area contributed by atoms with Gasteiger partial charge in [0.15, 0.2) is 0 Å². The van der Waals surface area contributed by atoms with Crippen LogP contribution in [-0.4, -0.2) is 163 Å². The molecule has 13 heteroatoms. The van der Waals surface area contributed by atoms with Gasteiger partial charge in [0.05, 0.1) is 0 Å². The van der Waals surface area contributed by atoms with Gasteiger partial charge in [-0.25, -0.2) is 0 Å². The summed E-state index contributed by atoms with van der Waals surface area (Å²) in [4.78, 5) is 14.5. The quantitative estimate of drug-likeness (QED) is 0.179. The van der Waals surface area contributed by atoms with Crippen LogP contribution in [0.2, 0.25) is 0 Å². The van der Waals surface area contributed by atoms with E-state index in [9.17, 15) is 15.3 Å². The molecule has 3 rings (SSSR count). The molecule has 47 heavy (non-hydrogen) atoms. The van der Waals surface area contributed by atoms with E-state index in [4.69, 9.17) is 0 Å². The van der Waals surface area contributed by atoms with Crippen molar-refractivity contribution in [3.05, 3.63) is 42.3 Å². The molecular weight excluding hydrogens is 684 g/mol. The average Bonchev–Trinajstić information content (AvgIpc) is 3.05. The van der Waals surface area contributed by atoms with E-state index in [1.807, 2.05) is 0 Å². The van der Waals surface area contributed by atoms with Gasteiger partial charge in [0, 0.05) is 91.6 Å². The van der Waals surface area contributed by atoms with Crippen molar-refractivity contribution in [2.24, 2.45) is 5.92 Å². The second-order valence-corrected chi connectivity index (χ2v) is 13.1. The van der Waals surface area contributed by atoms with Crippen molar-refractivity contribution < 1.29 is 60.4 Å². The van der Waals surface area contributed by atoms with Gasteiger partial charge in [-0.1, -0.05) is 59.4 Å². The van der Waals surface area contributed by atoms with E-state index in [0.717, 1.165) is 98.2 Å². The Balaban J connectivity index is -0.00000387. The fourth-order valence-corrected chi connectivity index (χ4v) is 6.29. The molecule has 0 aliphatic carbocycles. The van der Waals surface area contributed by atoms with Crippen LogP contribution in [0.3, 0.4) is 0 Å². The fraction of sp³-hybridized carbons (Fsp3) is 0.794. The van der Waals surface area contributed by atoms with Crippen molar-refractivity contribution in [2.45, 2.75) is 66.5 Å². The first kappa shape index (κ1) is 51.2. The topological polar surface area (TPSA) is 152 Å². The second-order valence-electron chi connectivity index (χ2n) is 13.1. The van der Waals surface area contributed by atoms with Crippen molar-refractivity contribution in [2.75, 3.05) is 105 Å². The predicted molar refractivity (Wildman–Crippen MR) is 180 cm³/mol. The SMILES string of the molecule is C.O.O.[CH2-][C@@H](C)CN1CCN(Cc2ccccc2CN2CCN(C[C@H](C)[O-])CCN(C[C@H](C)[O-])CC2)CCN(C[C@H](C)[O-])CC1.[Fe+6].[Fe+6]. The Morgan fingerprint density at radius 1 is 0.511 bits per heavy atom. The number of nitrogens with zero attached hydrogens (tertiary/aromatic N) is 6. The molecule has 4 atom stereocenters. The van der Waals surface area contributed by atoms with Crippen molar-refractivity contribution in [3.63, 3.8) is 0 Å². The van der Waals surface area contributed by atoms with E-state index in [1.165, 1.54) is 11.1 Å². The van der Waals surface area contributed by atoms with Crippen LogP contribution >= 0.6 is 0 Å². The van der Waals surface area contributed by atoms with Gasteiger partial charge in [0.1, 0.15) is 0 Å². The molecule has 0 spiro atoms. The minimum atomic E-state index is -0.616. The molecule has 2 heterocycles. The summed E-state index contributed by atoms with van der Waals surface area (Å²) in [6.45, 7) is 27.1. The summed E-state index contributed by atoms with van der Waals surface area (Å²) >= 11 is 0. The van der Waals surface area contributed by atoms with Gasteiger partial charge in [0.25, 0.3) is 0 Å². The minimum absolute atomic E-state index is 0.